The molecule has 0 aliphatic carbocycles. The molecule has 24 heavy (non-hydrogen) atoms. The van der Waals surface area contributed by atoms with Gasteiger partial charge in [-0.05, 0) is 49.4 Å². The average Bonchev–Trinajstić information content (AvgIpc) is 2.79. The molecule has 5 heteroatoms. The van der Waals surface area contributed by atoms with Crippen LogP contribution in [0.4, 0.5) is 0 Å². The van der Waals surface area contributed by atoms with Crippen LogP contribution in [-0.4, -0.2) is 29.4 Å². The van der Waals surface area contributed by atoms with E-state index in [9.17, 15) is 9.59 Å². The SMILES string of the molecule is Cc1cc(C)c2oc(=O)cc(CN3[C@@H]4CC[C@H]3CNC(=O)C4)c2c1. The number of aryl methyl sites for hydroxylation is 2. The molecule has 4 rings (SSSR count). The maximum Gasteiger partial charge on any atom is 0.336 e. The van der Waals surface area contributed by atoms with Gasteiger partial charge in [0.25, 0.3) is 0 Å². The maximum absolute atomic E-state index is 12.0. The maximum atomic E-state index is 12.0. The number of carbonyl (C=O) groups excluding carboxylic acids is 1. The molecule has 5 nitrogen and oxygen atoms in total. The summed E-state index contributed by atoms with van der Waals surface area (Å²) in [6.07, 6.45) is 2.70. The quantitative estimate of drug-likeness (QED) is 0.860. The van der Waals surface area contributed by atoms with Crippen LogP contribution in [0, 0.1) is 13.8 Å². The second-order valence-electron chi connectivity index (χ2n) is 7.11. The van der Waals surface area contributed by atoms with Crippen LogP contribution in [-0.2, 0) is 11.3 Å². The first-order valence-electron chi connectivity index (χ1n) is 8.57. The van der Waals surface area contributed by atoms with Gasteiger partial charge in [0, 0.05) is 43.0 Å². The second kappa shape index (κ2) is 5.74. The molecule has 1 N–H and O–H groups in total. The second-order valence-corrected chi connectivity index (χ2v) is 7.11. The number of nitrogens with zero attached hydrogens (tertiary/aromatic N) is 1. The molecule has 1 aromatic carbocycles. The van der Waals surface area contributed by atoms with Crippen molar-refractivity contribution in [1.82, 2.24) is 10.2 Å². The monoisotopic (exact) mass is 326 g/mol. The molecule has 2 bridgehead atoms. The van der Waals surface area contributed by atoms with Gasteiger partial charge in [-0.2, -0.15) is 0 Å². The van der Waals surface area contributed by atoms with Crippen LogP contribution in [0.25, 0.3) is 11.0 Å². The standard InChI is InChI=1S/C19H22N2O3/c1-11-5-12(2)19-16(6-11)13(7-18(23)24-19)10-21-14-3-4-15(21)9-20-17(22)8-14/h5-7,14-15H,3-4,8-10H2,1-2H3,(H,20,22)/t14-,15+/m1/s1. The van der Waals surface area contributed by atoms with E-state index in [1.807, 2.05) is 13.0 Å². The molecule has 1 amide bonds. The van der Waals surface area contributed by atoms with Gasteiger partial charge in [0.2, 0.25) is 5.91 Å². The largest absolute Gasteiger partial charge is 0.422 e. The van der Waals surface area contributed by atoms with E-state index in [0.29, 0.717) is 31.1 Å². The van der Waals surface area contributed by atoms with Crippen LogP contribution in [0.1, 0.15) is 36.0 Å². The molecule has 2 aliphatic heterocycles. The number of hydrogen-bond acceptors (Lipinski definition) is 4. The van der Waals surface area contributed by atoms with Crippen LogP contribution in [0.3, 0.4) is 0 Å². The summed E-state index contributed by atoms with van der Waals surface area (Å²) in [4.78, 5) is 26.2. The Morgan fingerprint density at radius 1 is 1.17 bits per heavy atom. The molecule has 2 fully saturated rings. The molecule has 0 unspecified atom stereocenters. The number of rotatable bonds is 2. The molecule has 0 spiro atoms. The number of fused-ring (bicyclic) bond motifs is 3. The minimum atomic E-state index is -0.305. The highest BCUT2D eigenvalue weighted by Crippen LogP contribution is 2.32. The first kappa shape index (κ1) is 15.4. The number of amides is 1. The molecule has 1 aromatic heterocycles. The first-order valence-corrected chi connectivity index (χ1v) is 8.57. The number of benzene rings is 1. The van der Waals surface area contributed by atoms with Gasteiger partial charge < -0.3 is 9.73 Å². The third kappa shape index (κ3) is 2.63. The molecule has 0 saturated carbocycles. The van der Waals surface area contributed by atoms with Gasteiger partial charge in [-0.3, -0.25) is 9.69 Å². The molecule has 2 aromatic rings. The summed E-state index contributed by atoms with van der Waals surface area (Å²) in [5.74, 6) is 0.135. The van der Waals surface area contributed by atoms with E-state index >= 15 is 0 Å². The van der Waals surface area contributed by atoms with Crippen molar-refractivity contribution in [2.45, 2.75) is 51.7 Å². The first-order chi connectivity index (χ1) is 11.5. The fourth-order valence-electron chi connectivity index (χ4n) is 4.24. The summed E-state index contributed by atoms with van der Waals surface area (Å²) >= 11 is 0. The lowest BCUT2D eigenvalue weighted by molar-refractivity contribution is -0.121. The van der Waals surface area contributed by atoms with Crippen LogP contribution < -0.4 is 10.9 Å². The molecule has 2 atom stereocenters. The molecular weight excluding hydrogens is 304 g/mol. The van der Waals surface area contributed by atoms with Gasteiger partial charge in [0.15, 0.2) is 0 Å². The summed E-state index contributed by atoms with van der Waals surface area (Å²) < 4.78 is 5.45. The van der Waals surface area contributed by atoms with E-state index in [-0.39, 0.29) is 17.6 Å². The topological polar surface area (TPSA) is 62.6 Å². The van der Waals surface area contributed by atoms with Gasteiger partial charge >= 0.3 is 5.63 Å². The molecule has 0 radical (unpaired) electrons. The third-order valence-corrected chi connectivity index (χ3v) is 5.34. The van der Waals surface area contributed by atoms with E-state index in [0.717, 1.165) is 34.9 Å². The zero-order valence-electron chi connectivity index (χ0n) is 14.1. The lowest BCUT2D eigenvalue weighted by Crippen LogP contribution is -2.37. The van der Waals surface area contributed by atoms with Crippen molar-refractivity contribution in [3.05, 3.63) is 45.3 Å². The zero-order valence-corrected chi connectivity index (χ0v) is 14.1. The zero-order chi connectivity index (χ0) is 16.8. The van der Waals surface area contributed by atoms with Crippen molar-refractivity contribution in [3.63, 3.8) is 0 Å². The van der Waals surface area contributed by atoms with Crippen LogP contribution in [0.15, 0.2) is 27.4 Å². The Kier molecular flexibility index (Phi) is 3.68. The van der Waals surface area contributed by atoms with E-state index in [4.69, 9.17) is 4.42 Å². The van der Waals surface area contributed by atoms with Crippen LogP contribution in [0.5, 0.6) is 0 Å². The van der Waals surface area contributed by atoms with Crippen molar-refractivity contribution < 1.29 is 9.21 Å². The van der Waals surface area contributed by atoms with Gasteiger partial charge in [-0.1, -0.05) is 6.07 Å². The van der Waals surface area contributed by atoms with Crippen LogP contribution >= 0.6 is 0 Å². The Morgan fingerprint density at radius 2 is 1.96 bits per heavy atom. The molecule has 3 heterocycles. The van der Waals surface area contributed by atoms with E-state index in [2.05, 4.69) is 23.2 Å². The normalized spacial score (nSPS) is 24.2. The van der Waals surface area contributed by atoms with Crippen molar-refractivity contribution in [2.24, 2.45) is 0 Å². The fraction of sp³-hybridized carbons (Fsp3) is 0.474. The summed E-state index contributed by atoms with van der Waals surface area (Å²) in [5.41, 5.74) is 3.52. The number of nitrogens with one attached hydrogen (secondary N) is 1. The minimum absolute atomic E-state index is 0.135. The summed E-state index contributed by atoms with van der Waals surface area (Å²) in [6.45, 7) is 5.42. The van der Waals surface area contributed by atoms with Crippen molar-refractivity contribution in [1.29, 1.82) is 0 Å². The summed E-state index contributed by atoms with van der Waals surface area (Å²) in [5, 5.41) is 4.01. The van der Waals surface area contributed by atoms with Crippen molar-refractivity contribution in [3.8, 4) is 0 Å². The van der Waals surface area contributed by atoms with Crippen molar-refractivity contribution >= 4 is 16.9 Å². The molecule has 2 saturated heterocycles. The Balaban J connectivity index is 1.77. The molecule has 126 valence electrons. The smallest absolute Gasteiger partial charge is 0.336 e. The van der Waals surface area contributed by atoms with Gasteiger partial charge in [0.05, 0.1) is 0 Å². The Morgan fingerprint density at radius 3 is 2.79 bits per heavy atom. The highest BCUT2D eigenvalue weighted by Gasteiger charge is 2.37. The molecule has 2 aliphatic rings. The van der Waals surface area contributed by atoms with E-state index in [1.165, 1.54) is 0 Å². The number of hydrogen-bond donors (Lipinski definition) is 1. The summed E-state index contributed by atoms with van der Waals surface area (Å²) in [7, 11) is 0. The average molecular weight is 326 g/mol. The van der Waals surface area contributed by atoms with Crippen molar-refractivity contribution in [2.75, 3.05) is 6.54 Å². The fourth-order valence-corrected chi connectivity index (χ4v) is 4.24. The lowest BCUT2D eigenvalue weighted by atomic mass is 10.0. The highest BCUT2D eigenvalue weighted by molar-refractivity contribution is 5.83. The Labute approximate surface area is 140 Å². The summed E-state index contributed by atoms with van der Waals surface area (Å²) in [6, 6.07) is 6.36. The van der Waals surface area contributed by atoms with Crippen LogP contribution in [0.2, 0.25) is 0 Å². The highest BCUT2D eigenvalue weighted by atomic mass is 16.4. The van der Waals surface area contributed by atoms with E-state index < -0.39 is 0 Å². The van der Waals surface area contributed by atoms with Gasteiger partial charge in [0.1, 0.15) is 5.58 Å². The predicted octanol–water partition coefficient (Wildman–Crippen LogP) is 2.26. The van der Waals surface area contributed by atoms with Gasteiger partial charge in [-0.25, -0.2) is 4.79 Å². The minimum Gasteiger partial charge on any atom is -0.422 e. The van der Waals surface area contributed by atoms with Gasteiger partial charge in [-0.15, -0.1) is 0 Å². The Bertz CT molecular complexity index is 871. The Hall–Kier alpha value is -2.14. The molecular formula is C19H22N2O3. The number of carbonyl (C=O) groups is 1. The predicted molar refractivity (Wildman–Crippen MR) is 91.9 cm³/mol. The third-order valence-electron chi connectivity index (χ3n) is 5.34. The van der Waals surface area contributed by atoms with E-state index in [1.54, 1.807) is 6.07 Å². The lowest BCUT2D eigenvalue weighted by Gasteiger charge is -2.27.